The van der Waals surface area contributed by atoms with Crippen molar-refractivity contribution in [2.45, 2.75) is 130 Å². The highest BCUT2D eigenvalue weighted by Gasteiger charge is 2.27. The van der Waals surface area contributed by atoms with Gasteiger partial charge in [-0.2, -0.15) is 10.2 Å². The van der Waals surface area contributed by atoms with Crippen molar-refractivity contribution >= 4 is 48.4 Å². The smallest absolute Gasteiger partial charge is 0.408 e. The molecule has 19 heteroatoms. The molecule has 2 aliphatic rings. The maximum Gasteiger partial charge on any atom is 0.408 e. The molecule has 0 aromatic carbocycles. The molecule has 324 valence electrons. The van der Waals surface area contributed by atoms with E-state index >= 15 is 0 Å². The van der Waals surface area contributed by atoms with Crippen LogP contribution in [0.3, 0.4) is 0 Å². The summed E-state index contributed by atoms with van der Waals surface area (Å²) in [4.78, 5) is 67.2. The van der Waals surface area contributed by atoms with E-state index in [0.717, 1.165) is 44.9 Å². The molecule has 6 amide bonds. The monoisotopic (exact) mass is 801 g/mol. The van der Waals surface area contributed by atoms with Gasteiger partial charge < -0.3 is 47.7 Å². The fraction of sp³-hybridized carbons (Fsp3) is 0.784. The summed E-state index contributed by atoms with van der Waals surface area (Å²) < 4.78 is 5.18. The predicted octanol–water partition coefficient (Wildman–Crippen LogP) is 3.33. The van der Waals surface area contributed by atoms with Crippen molar-refractivity contribution in [3.05, 3.63) is 0 Å². The maximum absolute atomic E-state index is 11.8. The Balaban J connectivity index is 0. The number of carboxylic acid groups (broad SMARTS) is 2. The number of carboxylic acids is 2. The Morgan fingerprint density at radius 3 is 1.55 bits per heavy atom. The molecule has 0 heterocycles. The first-order valence-electron chi connectivity index (χ1n) is 19.5. The summed E-state index contributed by atoms with van der Waals surface area (Å²) in [7, 11) is 3.17. The van der Waals surface area contributed by atoms with Crippen LogP contribution in [0.25, 0.3) is 0 Å². The fourth-order valence-corrected chi connectivity index (χ4v) is 5.19. The lowest BCUT2D eigenvalue weighted by Gasteiger charge is -2.27. The number of amides is 6. The molecule has 2 atom stereocenters. The number of nitrogens with one attached hydrogen (secondary N) is 6. The van der Waals surface area contributed by atoms with Gasteiger partial charge in [0.2, 0.25) is 5.91 Å². The van der Waals surface area contributed by atoms with Crippen LogP contribution >= 0.6 is 0 Å². The van der Waals surface area contributed by atoms with Gasteiger partial charge in [-0.3, -0.25) is 14.4 Å². The normalized spacial score (nSPS) is 20.2. The van der Waals surface area contributed by atoms with Crippen LogP contribution in [0.5, 0.6) is 0 Å². The Morgan fingerprint density at radius 1 is 0.768 bits per heavy atom. The minimum absolute atomic E-state index is 0.125. The van der Waals surface area contributed by atoms with Gasteiger partial charge in [0.1, 0.15) is 5.60 Å². The number of urea groups is 2. The van der Waals surface area contributed by atoms with Gasteiger partial charge in [-0.05, 0) is 104 Å². The number of carbonyl (C=O) groups is 6. The molecule has 0 aliphatic heterocycles. The number of ether oxygens (including phenoxy) is 1. The summed E-state index contributed by atoms with van der Waals surface area (Å²) in [6.45, 7) is 13.5. The third-order valence-electron chi connectivity index (χ3n) is 8.72. The minimum atomic E-state index is -0.741. The van der Waals surface area contributed by atoms with E-state index in [1.54, 1.807) is 41.7 Å². The number of aliphatic carboxylic acids is 2. The van der Waals surface area contributed by atoms with Crippen molar-refractivity contribution in [1.82, 2.24) is 32.1 Å². The maximum atomic E-state index is 11.8. The molecule has 0 aromatic heterocycles. The molecule has 0 radical (unpaired) electrons. The SMILES string of the molecule is CC(C)C(=O)O.CC[C@@H](/C=N/NC(=O)NCC1CCC(C(=O)O)CC1)NC(=O)OC(C)(C)C.CC[C@H](N)/C=N/NC(=O)NCC1CCC(C(=O)NC)CC1.CN. The van der Waals surface area contributed by atoms with Crippen molar-refractivity contribution < 1.29 is 43.7 Å². The van der Waals surface area contributed by atoms with Crippen LogP contribution in [0.15, 0.2) is 10.2 Å². The number of hydrazone groups is 2. The number of nitrogens with zero attached hydrogens (tertiary/aromatic N) is 2. The average molecular weight is 801 g/mol. The average Bonchev–Trinajstić information content (AvgIpc) is 3.16. The van der Waals surface area contributed by atoms with E-state index in [-0.39, 0.29) is 47.7 Å². The molecule has 0 saturated heterocycles. The Hall–Kier alpha value is -4.52. The number of hydrogen-bond acceptors (Lipinski definition) is 11. The van der Waals surface area contributed by atoms with E-state index in [2.05, 4.69) is 48.1 Å². The number of rotatable bonds is 14. The van der Waals surface area contributed by atoms with E-state index in [0.29, 0.717) is 38.3 Å². The van der Waals surface area contributed by atoms with Crippen LogP contribution in [-0.2, 0) is 19.1 Å². The van der Waals surface area contributed by atoms with Gasteiger partial charge in [0.05, 0.1) is 17.9 Å². The minimum Gasteiger partial charge on any atom is -0.481 e. The summed E-state index contributed by atoms with van der Waals surface area (Å²) in [6.07, 6.45) is 10.4. The summed E-state index contributed by atoms with van der Waals surface area (Å²) in [6, 6.07) is -1.24. The summed E-state index contributed by atoms with van der Waals surface area (Å²) in [5, 5.41) is 35.5. The van der Waals surface area contributed by atoms with E-state index < -0.39 is 29.7 Å². The summed E-state index contributed by atoms with van der Waals surface area (Å²) in [5.74, 6) is -1.01. The largest absolute Gasteiger partial charge is 0.481 e. The van der Waals surface area contributed by atoms with Crippen LogP contribution in [0, 0.1) is 29.6 Å². The van der Waals surface area contributed by atoms with Gasteiger partial charge >= 0.3 is 30.1 Å². The number of nitrogens with two attached hydrogens (primary N) is 2. The van der Waals surface area contributed by atoms with Gasteiger partial charge in [0.25, 0.3) is 0 Å². The van der Waals surface area contributed by atoms with Crippen LogP contribution in [0.2, 0.25) is 0 Å². The molecule has 0 bridgehead atoms. The first-order chi connectivity index (χ1) is 26.3. The van der Waals surface area contributed by atoms with Crippen LogP contribution in [-0.4, -0.2) is 104 Å². The zero-order chi connectivity index (χ0) is 43.3. The van der Waals surface area contributed by atoms with E-state index in [1.807, 2.05) is 13.8 Å². The molecule has 12 N–H and O–H groups in total. The van der Waals surface area contributed by atoms with Gasteiger partial charge in [0.15, 0.2) is 0 Å². The molecule has 56 heavy (non-hydrogen) atoms. The van der Waals surface area contributed by atoms with Gasteiger partial charge in [-0.25, -0.2) is 25.2 Å². The van der Waals surface area contributed by atoms with E-state index in [1.165, 1.54) is 19.5 Å². The lowest BCUT2D eigenvalue weighted by atomic mass is 9.81. The third-order valence-corrected chi connectivity index (χ3v) is 8.72. The van der Waals surface area contributed by atoms with Crippen molar-refractivity contribution in [1.29, 1.82) is 0 Å². The summed E-state index contributed by atoms with van der Waals surface area (Å²) in [5.41, 5.74) is 14.3. The Kier molecular flexibility index (Phi) is 29.3. The Morgan fingerprint density at radius 2 is 1.20 bits per heavy atom. The highest BCUT2D eigenvalue weighted by atomic mass is 16.6. The molecular formula is C37H72N10O9. The topological polar surface area (TPSA) is 301 Å². The highest BCUT2D eigenvalue weighted by Crippen LogP contribution is 2.29. The molecule has 19 nitrogen and oxygen atoms in total. The second-order valence-electron chi connectivity index (χ2n) is 14.8. The van der Waals surface area contributed by atoms with Gasteiger partial charge in [-0.15, -0.1) is 0 Å². The molecule has 2 rings (SSSR count). The lowest BCUT2D eigenvalue weighted by Crippen LogP contribution is -2.41. The molecule has 2 aliphatic carbocycles. The van der Waals surface area contributed by atoms with Gasteiger partial charge in [0, 0.05) is 44.5 Å². The lowest BCUT2D eigenvalue weighted by molar-refractivity contribution is -0.143. The summed E-state index contributed by atoms with van der Waals surface area (Å²) >= 11 is 0. The van der Waals surface area contributed by atoms with Crippen molar-refractivity contribution in [2.75, 3.05) is 27.2 Å². The van der Waals surface area contributed by atoms with Crippen LogP contribution in [0.1, 0.15) is 113 Å². The molecule has 2 fully saturated rings. The molecule has 0 spiro atoms. The first-order valence-corrected chi connectivity index (χ1v) is 19.5. The highest BCUT2D eigenvalue weighted by molar-refractivity contribution is 5.79. The molecule has 0 unspecified atom stereocenters. The quantitative estimate of drug-likeness (QED) is 0.0898. The van der Waals surface area contributed by atoms with Crippen LogP contribution < -0.4 is 43.6 Å². The Labute approximate surface area is 332 Å². The van der Waals surface area contributed by atoms with Crippen molar-refractivity contribution in [2.24, 2.45) is 51.3 Å². The second-order valence-corrected chi connectivity index (χ2v) is 14.8. The first kappa shape index (κ1) is 53.6. The van der Waals surface area contributed by atoms with Crippen molar-refractivity contribution in [3.8, 4) is 0 Å². The van der Waals surface area contributed by atoms with E-state index in [9.17, 15) is 28.8 Å². The zero-order valence-corrected chi connectivity index (χ0v) is 35.0. The third kappa shape index (κ3) is 28.0. The number of hydrogen-bond donors (Lipinski definition) is 10. The van der Waals surface area contributed by atoms with Crippen LogP contribution in [0.4, 0.5) is 14.4 Å². The number of alkyl carbamates (subject to hydrolysis) is 1. The fourth-order valence-electron chi connectivity index (χ4n) is 5.19. The number of carbonyl (C=O) groups excluding carboxylic acids is 4. The standard InChI is InChI=1S/C18H32N4O5.C14H27N5O2.C4H8O2.CH5N/c1-5-14(21-17(26)27-18(2,3)4)11-20-22-16(25)19-10-12-6-8-13(9-7-12)15(23)24;1-3-12(15)9-18-19-14(21)17-8-10-4-6-11(7-5-10)13(20)16-2;1-3(2)4(5)6;1-2/h11-14H,5-10H2,1-4H3,(H,21,26)(H,23,24)(H2,19,22,25);9-12H,3-8,15H2,1-2H3,(H,16,20)(H2,17,19,21);3H,1-2H3,(H,5,6);2H2,1H3/b20-11+;18-9+;;/t12?,13?,14-;10?,11?,12-;;/m00../s1. The second kappa shape index (κ2) is 30.7. The zero-order valence-electron chi connectivity index (χ0n) is 35.0. The molecule has 2 saturated carbocycles. The Bertz CT molecular complexity index is 1210. The molecular weight excluding hydrogens is 728 g/mol. The van der Waals surface area contributed by atoms with E-state index in [4.69, 9.17) is 20.7 Å². The van der Waals surface area contributed by atoms with Gasteiger partial charge in [-0.1, -0.05) is 27.7 Å². The van der Waals surface area contributed by atoms with Crippen molar-refractivity contribution in [3.63, 3.8) is 0 Å². The predicted molar refractivity (Wildman–Crippen MR) is 217 cm³/mol. The molecule has 0 aromatic rings.